The summed E-state index contributed by atoms with van der Waals surface area (Å²) in [5.41, 5.74) is 1.97. The molecule has 0 spiro atoms. The van der Waals surface area contributed by atoms with Crippen molar-refractivity contribution in [2.75, 3.05) is 6.61 Å². The molecule has 0 bridgehead atoms. The maximum absolute atomic E-state index is 14.5. The summed E-state index contributed by atoms with van der Waals surface area (Å²) in [5.74, 6) is -1.48. The Morgan fingerprint density at radius 2 is 1.96 bits per heavy atom. The van der Waals surface area contributed by atoms with Crippen LogP contribution in [0.25, 0.3) is 5.76 Å². The summed E-state index contributed by atoms with van der Waals surface area (Å²) in [6, 6.07) is 13.9. The first-order valence-electron chi connectivity index (χ1n) is 8.70. The van der Waals surface area contributed by atoms with Crippen molar-refractivity contribution in [3.8, 4) is 0 Å². The zero-order valence-electron chi connectivity index (χ0n) is 14.6. The van der Waals surface area contributed by atoms with Crippen LogP contribution in [0.2, 0.25) is 5.02 Å². The molecular weight excluding hydrogens is 384 g/mol. The molecule has 1 aliphatic heterocycles. The van der Waals surface area contributed by atoms with E-state index in [0.717, 1.165) is 6.07 Å². The Morgan fingerprint density at radius 1 is 1.11 bits per heavy atom. The zero-order valence-corrected chi connectivity index (χ0v) is 15.4. The third-order valence-electron chi connectivity index (χ3n) is 4.75. The summed E-state index contributed by atoms with van der Waals surface area (Å²) >= 11 is 6.11. The van der Waals surface area contributed by atoms with Crippen LogP contribution in [0.4, 0.5) is 8.78 Å². The fourth-order valence-electron chi connectivity index (χ4n) is 3.45. The predicted octanol–water partition coefficient (Wildman–Crippen LogP) is 5.27. The third kappa shape index (κ3) is 3.51. The van der Waals surface area contributed by atoms with E-state index in [9.17, 15) is 13.9 Å². The van der Waals surface area contributed by atoms with E-state index in [-0.39, 0.29) is 12.2 Å². The topological polar surface area (TPSA) is 42.4 Å². The molecule has 142 valence electrons. The Hall–Kier alpha value is -2.76. The van der Waals surface area contributed by atoms with Crippen LogP contribution in [-0.4, -0.2) is 16.7 Å². The van der Waals surface area contributed by atoms with Gasteiger partial charge in [-0.05, 0) is 29.8 Å². The smallest absolute Gasteiger partial charge is 0.130 e. The number of ether oxygens (including phenoxy) is 1. The Kier molecular flexibility index (Phi) is 5.11. The van der Waals surface area contributed by atoms with Crippen LogP contribution < -0.4 is 0 Å². The molecule has 0 amide bonds. The molecule has 3 nitrogen and oxygen atoms in total. The van der Waals surface area contributed by atoms with Crippen molar-refractivity contribution in [2.24, 2.45) is 0 Å². The molecule has 0 aliphatic carbocycles. The average Bonchev–Trinajstić information content (AvgIpc) is 3.13. The van der Waals surface area contributed by atoms with E-state index in [0.29, 0.717) is 27.5 Å². The number of hydrogen-bond acceptors (Lipinski definition) is 3. The van der Waals surface area contributed by atoms with Crippen molar-refractivity contribution in [1.82, 2.24) is 4.98 Å². The molecule has 2 atom stereocenters. The average molecular weight is 400 g/mol. The first-order valence-corrected chi connectivity index (χ1v) is 9.08. The third-order valence-corrected chi connectivity index (χ3v) is 4.99. The van der Waals surface area contributed by atoms with Gasteiger partial charge < -0.3 is 9.84 Å². The fourth-order valence-corrected chi connectivity index (χ4v) is 3.64. The maximum Gasteiger partial charge on any atom is 0.130 e. The van der Waals surface area contributed by atoms with Crippen LogP contribution in [0.1, 0.15) is 28.7 Å². The van der Waals surface area contributed by atoms with Gasteiger partial charge in [-0.25, -0.2) is 8.78 Å². The van der Waals surface area contributed by atoms with Crippen LogP contribution in [0.3, 0.4) is 0 Å². The van der Waals surface area contributed by atoms with E-state index in [1.807, 2.05) is 0 Å². The molecule has 1 N–H and O–H groups in total. The van der Waals surface area contributed by atoms with E-state index >= 15 is 0 Å². The number of halogens is 3. The summed E-state index contributed by atoms with van der Waals surface area (Å²) in [6.45, 7) is 0.122. The quantitative estimate of drug-likeness (QED) is 0.649. The minimum Gasteiger partial charge on any atom is -0.492 e. The van der Waals surface area contributed by atoms with Gasteiger partial charge in [0.15, 0.2) is 0 Å². The molecule has 4 rings (SSSR count). The second kappa shape index (κ2) is 7.70. The molecule has 0 fully saturated rings. The van der Waals surface area contributed by atoms with Gasteiger partial charge in [0.2, 0.25) is 0 Å². The number of rotatable bonds is 4. The normalized spacial score (nSPS) is 17.5. The number of nitrogens with zero attached hydrogens (tertiary/aromatic N) is 1. The summed E-state index contributed by atoms with van der Waals surface area (Å²) in [4.78, 5) is 4.05. The largest absolute Gasteiger partial charge is 0.492 e. The van der Waals surface area contributed by atoms with Gasteiger partial charge >= 0.3 is 0 Å². The first kappa shape index (κ1) is 18.6. The van der Waals surface area contributed by atoms with Gasteiger partial charge in [-0.15, -0.1) is 0 Å². The molecule has 3 aromatic rings. The lowest BCUT2D eigenvalue weighted by Gasteiger charge is -2.20. The Bertz CT molecular complexity index is 1040. The van der Waals surface area contributed by atoms with Gasteiger partial charge in [0.25, 0.3) is 0 Å². The number of aromatic nitrogens is 1. The van der Waals surface area contributed by atoms with Crippen LogP contribution in [0, 0.1) is 11.6 Å². The van der Waals surface area contributed by atoms with Crippen molar-refractivity contribution in [3.63, 3.8) is 0 Å². The zero-order chi connectivity index (χ0) is 19.7. The van der Waals surface area contributed by atoms with Crippen LogP contribution >= 0.6 is 11.6 Å². The van der Waals surface area contributed by atoms with Gasteiger partial charge in [0, 0.05) is 46.1 Å². The molecule has 2 aromatic carbocycles. The Balaban J connectivity index is 1.87. The van der Waals surface area contributed by atoms with Crippen LogP contribution in [0.15, 0.2) is 72.6 Å². The number of aliphatic hydroxyl groups is 1. The molecule has 0 saturated heterocycles. The number of aliphatic hydroxyl groups excluding tert-OH is 1. The second-order valence-corrected chi connectivity index (χ2v) is 6.95. The van der Waals surface area contributed by atoms with E-state index in [4.69, 9.17) is 16.3 Å². The summed E-state index contributed by atoms with van der Waals surface area (Å²) in [7, 11) is 0. The number of pyridine rings is 1. The molecule has 1 aliphatic rings. The lowest BCUT2D eigenvalue weighted by atomic mass is 9.85. The number of hydrogen-bond donors (Lipinski definition) is 1. The van der Waals surface area contributed by atoms with Gasteiger partial charge in [-0.3, -0.25) is 4.98 Å². The lowest BCUT2D eigenvalue weighted by Crippen LogP contribution is -2.12. The number of benzene rings is 2. The molecule has 0 saturated carbocycles. The van der Waals surface area contributed by atoms with Crippen LogP contribution in [-0.2, 0) is 4.74 Å². The molecule has 0 radical (unpaired) electrons. The summed E-state index contributed by atoms with van der Waals surface area (Å²) < 4.78 is 33.8. The molecule has 2 heterocycles. The van der Waals surface area contributed by atoms with Gasteiger partial charge in [0.05, 0.1) is 6.61 Å². The fraction of sp³-hybridized carbons (Fsp3) is 0.136. The van der Waals surface area contributed by atoms with Crippen molar-refractivity contribution in [3.05, 3.63) is 106 Å². The highest BCUT2D eigenvalue weighted by Gasteiger charge is 2.36. The maximum atomic E-state index is 14.5. The highest BCUT2D eigenvalue weighted by molar-refractivity contribution is 6.30. The second-order valence-electron chi connectivity index (χ2n) is 6.51. The highest BCUT2D eigenvalue weighted by atomic mass is 35.5. The summed E-state index contributed by atoms with van der Waals surface area (Å²) in [6.07, 6.45) is 2.08. The predicted molar refractivity (Wildman–Crippen MR) is 103 cm³/mol. The van der Waals surface area contributed by atoms with Gasteiger partial charge in [0.1, 0.15) is 23.5 Å². The Labute approximate surface area is 165 Å². The van der Waals surface area contributed by atoms with Crippen molar-refractivity contribution < 1.29 is 18.6 Å². The molecule has 28 heavy (non-hydrogen) atoms. The van der Waals surface area contributed by atoms with Crippen molar-refractivity contribution in [1.29, 1.82) is 0 Å². The highest BCUT2D eigenvalue weighted by Crippen LogP contribution is 2.45. The van der Waals surface area contributed by atoms with E-state index in [1.165, 1.54) is 12.1 Å². The van der Waals surface area contributed by atoms with E-state index in [2.05, 4.69) is 4.98 Å². The Morgan fingerprint density at radius 3 is 2.68 bits per heavy atom. The summed E-state index contributed by atoms with van der Waals surface area (Å²) in [5, 5.41) is 11.6. The standard InChI is InChI=1S/C22H16ClF2NO2/c23-15-5-1-3-13(9-15)22-20(21(27)14-4-2-8-26-11-14)18(12-28-22)17-7-6-16(24)10-19(17)25/h1-11,18,21,27H,12H2. The van der Waals surface area contributed by atoms with E-state index < -0.39 is 23.7 Å². The SMILES string of the molecule is OC(C1=C(c2cccc(Cl)c2)OCC1c1ccc(F)cc1F)c1cccnc1. The minimum absolute atomic E-state index is 0.122. The molecule has 1 aromatic heterocycles. The first-order chi connectivity index (χ1) is 13.5. The van der Waals surface area contributed by atoms with Gasteiger partial charge in [-0.2, -0.15) is 0 Å². The molecular formula is C22H16ClF2NO2. The minimum atomic E-state index is -1.07. The van der Waals surface area contributed by atoms with Crippen LogP contribution in [0.5, 0.6) is 0 Å². The van der Waals surface area contributed by atoms with Crippen molar-refractivity contribution in [2.45, 2.75) is 12.0 Å². The monoisotopic (exact) mass is 399 g/mol. The van der Waals surface area contributed by atoms with Gasteiger partial charge in [-0.1, -0.05) is 35.9 Å². The lowest BCUT2D eigenvalue weighted by molar-refractivity contribution is 0.209. The van der Waals surface area contributed by atoms with Crippen molar-refractivity contribution >= 4 is 17.4 Å². The molecule has 6 heteroatoms. The molecule has 2 unspecified atom stereocenters. The van der Waals surface area contributed by atoms with E-state index in [1.54, 1.807) is 48.8 Å².